The molecule has 0 fully saturated rings. The SMILES string of the molecule is Nc1ccc(-c2ccc(Pc3ccccc3)cc2)cc1. The minimum absolute atomic E-state index is 0.709. The average molecular weight is 277 g/mol. The van der Waals surface area contributed by atoms with E-state index in [0.717, 1.165) is 5.69 Å². The molecule has 0 aromatic heterocycles. The lowest BCUT2D eigenvalue weighted by Gasteiger charge is -2.05. The third kappa shape index (κ3) is 3.07. The summed E-state index contributed by atoms with van der Waals surface area (Å²) in [5, 5.41) is 2.73. The molecule has 0 aliphatic heterocycles. The summed E-state index contributed by atoms with van der Waals surface area (Å²) in [6.07, 6.45) is 0. The van der Waals surface area contributed by atoms with Gasteiger partial charge in [0.2, 0.25) is 0 Å². The molecule has 1 nitrogen and oxygen atoms in total. The summed E-state index contributed by atoms with van der Waals surface area (Å²) < 4.78 is 0. The second-order valence-electron chi connectivity index (χ2n) is 4.69. The third-order valence-electron chi connectivity index (χ3n) is 3.19. The standard InChI is InChI=1S/C18H16NP/c19-16-10-6-14(7-11-16)15-8-12-18(13-9-15)20-17-4-2-1-3-5-17/h1-13,20H,19H2. The zero-order valence-corrected chi connectivity index (χ0v) is 12.1. The van der Waals surface area contributed by atoms with Crippen LogP contribution in [0.25, 0.3) is 11.1 Å². The van der Waals surface area contributed by atoms with Gasteiger partial charge in [-0.2, -0.15) is 0 Å². The first-order chi connectivity index (χ1) is 9.81. The molecule has 0 heterocycles. The van der Waals surface area contributed by atoms with Crippen molar-refractivity contribution >= 4 is 24.9 Å². The van der Waals surface area contributed by atoms with E-state index in [0.29, 0.717) is 8.58 Å². The van der Waals surface area contributed by atoms with Crippen molar-refractivity contribution in [2.24, 2.45) is 0 Å². The first kappa shape index (κ1) is 12.9. The second kappa shape index (κ2) is 5.90. The molecule has 0 saturated carbocycles. The molecule has 0 bridgehead atoms. The molecule has 1 unspecified atom stereocenters. The second-order valence-corrected chi connectivity index (χ2v) is 6.10. The van der Waals surface area contributed by atoms with Gasteiger partial charge in [-0.25, -0.2) is 0 Å². The molecule has 0 spiro atoms. The lowest BCUT2D eigenvalue weighted by molar-refractivity contribution is 1.63. The number of rotatable bonds is 3. The first-order valence-corrected chi connectivity index (χ1v) is 7.59. The van der Waals surface area contributed by atoms with Gasteiger partial charge in [0.15, 0.2) is 0 Å². The Morgan fingerprint density at radius 2 is 1.05 bits per heavy atom. The molecule has 3 rings (SSSR count). The van der Waals surface area contributed by atoms with Crippen molar-refractivity contribution in [2.75, 3.05) is 5.73 Å². The third-order valence-corrected chi connectivity index (χ3v) is 4.44. The van der Waals surface area contributed by atoms with Crippen LogP contribution in [-0.4, -0.2) is 0 Å². The Morgan fingerprint density at radius 3 is 1.65 bits per heavy atom. The van der Waals surface area contributed by atoms with E-state index in [1.807, 2.05) is 12.1 Å². The normalized spacial score (nSPS) is 11.0. The van der Waals surface area contributed by atoms with Gasteiger partial charge in [0.05, 0.1) is 0 Å². The van der Waals surface area contributed by atoms with Gasteiger partial charge in [0.25, 0.3) is 0 Å². The van der Waals surface area contributed by atoms with Crippen LogP contribution in [-0.2, 0) is 0 Å². The van der Waals surface area contributed by atoms with Crippen molar-refractivity contribution in [1.29, 1.82) is 0 Å². The maximum Gasteiger partial charge on any atom is 0.0314 e. The van der Waals surface area contributed by atoms with E-state index < -0.39 is 0 Å². The Morgan fingerprint density at radius 1 is 0.550 bits per heavy atom. The van der Waals surface area contributed by atoms with Crippen molar-refractivity contribution in [1.82, 2.24) is 0 Å². The van der Waals surface area contributed by atoms with Gasteiger partial charge in [-0.05, 0) is 33.9 Å². The fourth-order valence-electron chi connectivity index (χ4n) is 2.11. The molecule has 0 aliphatic rings. The number of hydrogen-bond donors (Lipinski definition) is 1. The predicted molar refractivity (Wildman–Crippen MR) is 90.3 cm³/mol. The van der Waals surface area contributed by atoms with E-state index in [1.54, 1.807) is 0 Å². The number of nitrogens with two attached hydrogens (primary N) is 1. The zero-order valence-electron chi connectivity index (χ0n) is 11.1. The van der Waals surface area contributed by atoms with Crippen molar-refractivity contribution in [2.45, 2.75) is 0 Å². The highest BCUT2D eigenvalue weighted by molar-refractivity contribution is 7.55. The topological polar surface area (TPSA) is 26.0 Å². The van der Waals surface area contributed by atoms with Gasteiger partial charge in [-0.1, -0.05) is 75.3 Å². The molecule has 20 heavy (non-hydrogen) atoms. The predicted octanol–water partition coefficient (Wildman–Crippen LogP) is 3.57. The number of benzene rings is 3. The summed E-state index contributed by atoms with van der Waals surface area (Å²) in [7, 11) is 0.709. The maximum atomic E-state index is 5.72. The van der Waals surface area contributed by atoms with E-state index in [1.165, 1.54) is 21.7 Å². The van der Waals surface area contributed by atoms with Gasteiger partial charge in [-0.15, -0.1) is 0 Å². The van der Waals surface area contributed by atoms with E-state index in [2.05, 4.69) is 66.7 Å². The van der Waals surface area contributed by atoms with Crippen molar-refractivity contribution in [3.8, 4) is 11.1 Å². The summed E-state index contributed by atoms with van der Waals surface area (Å²) in [5.41, 5.74) is 8.95. The average Bonchev–Trinajstić information content (AvgIpc) is 2.50. The van der Waals surface area contributed by atoms with Crippen LogP contribution in [0.15, 0.2) is 78.9 Å². The Hall–Kier alpha value is -2.11. The largest absolute Gasteiger partial charge is 0.399 e. The number of nitrogen functional groups attached to an aromatic ring is 1. The first-order valence-electron chi connectivity index (χ1n) is 6.59. The van der Waals surface area contributed by atoms with Gasteiger partial charge < -0.3 is 5.73 Å². The quantitative estimate of drug-likeness (QED) is 0.575. The van der Waals surface area contributed by atoms with Gasteiger partial charge in [-0.3, -0.25) is 0 Å². The molecule has 0 amide bonds. The summed E-state index contributed by atoms with van der Waals surface area (Å²) in [6.45, 7) is 0. The van der Waals surface area contributed by atoms with Crippen molar-refractivity contribution in [3.05, 3.63) is 78.9 Å². The fraction of sp³-hybridized carbons (Fsp3) is 0. The molecule has 3 aromatic carbocycles. The van der Waals surface area contributed by atoms with Crippen LogP contribution in [0.3, 0.4) is 0 Å². The van der Waals surface area contributed by atoms with Crippen LogP contribution in [0.1, 0.15) is 0 Å². The molecular weight excluding hydrogens is 261 g/mol. The smallest absolute Gasteiger partial charge is 0.0314 e. The molecule has 3 aromatic rings. The van der Waals surface area contributed by atoms with Crippen molar-refractivity contribution in [3.63, 3.8) is 0 Å². The van der Waals surface area contributed by atoms with E-state index in [-0.39, 0.29) is 0 Å². The highest BCUT2D eigenvalue weighted by Crippen LogP contribution is 2.21. The number of hydrogen-bond acceptors (Lipinski definition) is 1. The van der Waals surface area contributed by atoms with E-state index in [4.69, 9.17) is 5.73 Å². The summed E-state index contributed by atoms with van der Waals surface area (Å²) in [6, 6.07) is 27.3. The lowest BCUT2D eigenvalue weighted by Crippen LogP contribution is -2.02. The molecule has 98 valence electrons. The van der Waals surface area contributed by atoms with E-state index >= 15 is 0 Å². The Balaban J connectivity index is 1.79. The molecular formula is C18H16NP. The highest BCUT2D eigenvalue weighted by atomic mass is 31.1. The molecule has 0 aliphatic carbocycles. The van der Waals surface area contributed by atoms with Crippen LogP contribution in [0.5, 0.6) is 0 Å². The Labute approximate surface area is 121 Å². The summed E-state index contributed by atoms with van der Waals surface area (Å²) >= 11 is 0. The zero-order chi connectivity index (χ0) is 13.8. The van der Waals surface area contributed by atoms with Gasteiger partial charge in [0.1, 0.15) is 0 Å². The number of anilines is 1. The summed E-state index contributed by atoms with van der Waals surface area (Å²) in [5.74, 6) is 0. The Kier molecular flexibility index (Phi) is 3.80. The van der Waals surface area contributed by atoms with Gasteiger partial charge >= 0.3 is 0 Å². The molecule has 2 heteroatoms. The van der Waals surface area contributed by atoms with Crippen LogP contribution in [0, 0.1) is 0 Å². The minimum atomic E-state index is 0.709. The van der Waals surface area contributed by atoms with Crippen LogP contribution in [0.2, 0.25) is 0 Å². The Bertz CT molecular complexity index is 673. The van der Waals surface area contributed by atoms with Crippen LogP contribution >= 0.6 is 8.58 Å². The minimum Gasteiger partial charge on any atom is -0.399 e. The lowest BCUT2D eigenvalue weighted by atomic mass is 10.1. The monoisotopic (exact) mass is 277 g/mol. The maximum absolute atomic E-state index is 5.72. The van der Waals surface area contributed by atoms with Crippen LogP contribution in [0.4, 0.5) is 5.69 Å². The van der Waals surface area contributed by atoms with Gasteiger partial charge in [0, 0.05) is 5.69 Å². The van der Waals surface area contributed by atoms with Crippen molar-refractivity contribution < 1.29 is 0 Å². The highest BCUT2D eigenvalue weighted by Gasteiger charge is 1.99. The molecule has 1 atom stereocenters. The van der Waals surface area contributed by atoms with Crippen LogP contribution < -0.4 is 16.3 Å². The molecule has 0 saturated heterocycles. The molecule has 0 radical (unpaired) electrons. The summed E-state index contributed by atoms with van der Waals surface area (Å²) in [4.78, 5) is 0. The molecule has 2 N–H and O–H groups in total. The fourth-order valence-corrected chi connectivity index (χ4v) is 3.14. The van der Waals surface area contributed by atoms with E-state index in [9.17, 15) is 0 Å².